The molecule has 0 spiro atoms. The quantitative estimate of drug-likeness (QED) is 0.629. The molecule has 0 unspecified atom stereocenters. The van der Waals surface area contributed by atoms with Gasteiger partial charge in [0.2, 0.25) is 0 Å². The van der Waals surface area contributed by atoms with E-state index in [-0.39, 0.29) is 18.8 Å². The van der Waals surface area contributed by atoms with Crippen LogP contribution >= 0.6 is 0 Å². The van der Waals surface area contributed by atoms with Crippen molar-refractivity contribution in [2.24, 2.45) is 0 Å². The van der Waals surface area contributed by atoms with Crippen molar-refractivity contribution >= 4 is 16.4 Å². The third-order valence-corrected chi connectivity index (χ3v) is 4.35. The number of aldehydes is 1. The molecule has 2 rings (SSSR count). The average molecular weight is 307 g/mol. The molecular weight excluding hydrogens is 290 g/mol. The van der Waals surface area contributed by atoms with Crippen LogP contribution in [-0.4, -0.2) is 32.0 Å². The Bertz CT molecular complexity index is 705. The number of aromatic amines is 1. The van der Waals surface area contributed by atoms with Gasteiger partial charge in [0.25, 0.3) is 10.1 Å². The van der Waals surface area contributed by atoms with Gasteiger partial charge in [-0.25, -0.2) is 0 Å². The Kier molecular flexibility index (Phi) is 4.93. The summed E-state index contributed by atoms with van der Waals surface area (Å²) in [5.74, 6) is -0.145. The summed E-state index contributed by atoms with van der Waals surface area (Å²) in [7, 11) is -3.54. The second-order valence-electron chi connectivity index (χ2n) is 4.52. The predicted molar refractivity (Wildman–Crippen MR) is 80.7 cm³/mol. The zero-order valence-corrected chi connectivity index (χ0v) is 12.5. The van der Waals surface area contributed by atoms with Gasteiger partial charge >= 0.3 is 0 Å². The minimum Gasteiger partial charge on any atom is -0.352 e. The highest BCUT2D eigenvalue weighted by molar-refractivity contribution is 7.86. The van der Waals surface area contributed by atoms with Gasteiger partial charge in [-0.05, 0) is 30.5 Å². The van der Waals surface area contributed by atoms with E-state index < -0.39 is 10.1 Å². The molecule has 1 aromatic carbocycles. The average Bonchev–Trinajstić information content (AvgIpc) is 2.89. The third-order valence-electron chi connectivity index (χ3n) is 3.06. The molecule has 6 heteroatoms. The highest BCUT2D eigenvalue weighted by Crippen LogP contribution is 2.21. The Morgan fingerprint density at radius 1 is 1.24 bits per heavy atom. The molecule has 0 saturated heterocycles. The minimum absolute atomic E-state index is 0.116. The number of aromatic nitrogens is 1. The third kappa shape index (κ3) is 4.03. The number of benzene rings is 1. The molecule has 0 aliphatic heterocycles. The summed E-state index contributed by atoms with van der Waals surface area (Å²) in [6.07, 6.45) is 0.939. The van der Waals surface area contributed by atoms with Gasteiger partial charge in [0, 0.05) is 5.69 Å². The molecular formula is C15H17NO4S. The highest BCUT2D eigenvalue weighted by Gasteiger charge is 2.14. The van der Waals surface area contributed by atoms with Crippen molar-refractivity contribution in [3.05, 3.63) is 47.7 Å². The van der Waals surface area contributed by atoms with Crippen LogP contribution in [0.25, 0.3) is 11.3 Å². The first-order chi connectivity index (χ1) is 10.1. The molecule has 1 heterocycles. The zero-order chi connectivity index (χ0) is 15.3. The standard InChI is InChI=1S/C15H17NO4S/c1-2-20-21(18,19)9-8-13-10-14(16-15(13)11-17)12-6-4-3-5-7-12/h3-7,10-11,16H,2,8-9H2,1H3. The molecule has 2 aromatic rings. The van der Waals surface area contributed by atoms with Crippen molar-refractivity contribution in [3.8, 4) is 11.3 Å². The fraction of sp³-hybridized carbons (Fsp3) is 0.267. The van der Waals surface area contributed by atoms with Crippen molar-refractivity contribution in [2.75, 3.05) is 12.4 Å². The summed E-state index contributed by atoms with van der Waals surface area (Å²) in [5.41, 5.74) is 2.81. The molecule has 5 nitrogen and oxygen atoms in total. The van der Waals surface area contributed by atoms with E-state index in [1.807, 2.05) is 30.3 Å². The first kappa shape index (κ1) is 15.5. The maximum absolute atomic E-state index is 11.6. The van der Waals surface area contributed by atoms with Crippen LogP contribution in [-0.2, 0) is 20.7 Å². The van der Waals surface area contributed by atoms with Crippen molar-refractivity contribution in [2.45, 2.75) is 13.3 Å². The number of carbonyl (C=O) groups excluding carboxylic acids is 1. The van der Waals surface area contributed by atoms with Crippen molar-refractivity contribution < 1.29 is 17.4 Å². The summed E-state index contributed by atoms with van der Waals surface area (Å²) in [6.45, 7) is 1.74. The van der Waals surface area contributed by atoms with Gasteiger partial charge in [-0.2, -0.15) is 8.42 Å². The fourth-order valence-electron chi connectivity index (χ4n) is 2.07. The monoisotopic (exact) mass is 307 g/mol. The Morgan fingerprint density at radius 3 is 2.57 bits per heavy atom. The summed E-state index contributed by atoms with van der Waals surface area (Å²) < 4.78 is 27.8. The molecule has 0 amide bonds. The first-order valence-electron chi connectivity index (χ1n) is 6.65. The molecule has 0 aliphatic carbocycles. The molecule has 0 atom stereocenters. The topological polar surface area (TPSA) is 76.2 Å². The Hall–Kier alpha value is -1.92. The van der Waals surface area contributed by atoms with Gasteiger partial charge in [-0.1, -0.05) is 30.3 Å². The molecule has 0 bridgehead atoms. The van der Waals surface area contributed by atoms with Crippen LogP contribution in [0.3, 0.4) is 0 Å². The molecule has 0 fully saturated rings. The Labute approximate surface area is 124 Å². The molecule has 1 aromatic heterocycles. The van der Waals surface area contributed by atoms with Crippen LogP contribution in [0.5, 0.6) is 0 Å². The number of H-pyrrole nitrogens is 1. The van der Waals surface area contributed by atoms with Crippen LogP contribution in [0.1, 0.15) is 23.0 Å². The lowest BCUT2D eigenvalue weighted by Gasteiger charge is -2.02. The van der Waals surface area contributed by atoms with Gasteiger partial charge in [-0.3, -0.25) is 8.98 Å². The zero-order valence-electron chi connectivity index (χ0n) is 11.7. The van der Waals surface area contributed by atoms with Crippen LogP contribution in [0, 0.1) is 0 Å². The summed E-state index contributed by atoms with van der Waals surface area (Å²) in [4.78, 5) is 14.1. The summed E-state index contributed by atoms with van der Waals surface area (Å²) in [5, 5.41) is 0. The van der Waals surface area contributed by atoms with Gasteiger partial charge in [0.15, 0.2) is 6.29 Å². The number of hydrogen-bond acceptors (Lipinski definition) is 4. The summed E-state index contributed by atoms with van der Waals surface area (Å²) >= 11 is 0. The molecule has 21 heavy (non-hydrogen) atoms. The van der Waals surface area contributed by atoms with Gasteiger partial charge in [0.05, 0.1) is 18.1 Å². The van der Waals surface area contributed by atoms with Crippen molar-refractivity contribution in [3.63, 3.8) is 0 Å². The fourth-order valence-corrected chi connectivity index (χ4v) is 3.02. The number of hydrogen-bond donors (Lipinski definition) is 1. The van der Waals surface area contributed by atoms with Crippen LogP contribution in [0.2, 0.25) is 0 Å². The molecule has 1 N–H and O–H groups in total. The maximum atomic E-state index is 11.6. The van der Waals surface area contributed by atoms with Crippen molar-refractivity contribution in [1.82, 2.24) is 4.98 Å². The van der Waals surface area contributed by atoms with E-state index in [9.17, 15) is 13.2 Å². The SMILES string of the molecule is CCOS(=O)(=O)CCc1cc(-c2ccccc2)[nH]c1C=O. The number of aryl methyl sites for hydroxylation is 1. The van der Waals surface area contributed by atoms with Crippen LogP contribution in [0.4, 0.5) is 0 Å². The van der Waals surface area contributed by atoms with Gasteiger partial charge < -0.3 is 4.98 Å². The Balaban J connectivity index is 2.21. The molecule has 0 radical (unpaired) electrons. The lowest BCUT2D eigenvalue weighted by molar-refractivity contribution is 0.111. The van der Waals surface area contributed by atoms with Crippen LogP contribution < -0.4 is 0 Å². The minimum atomic E-state index is -3.54. The lowest BCUT2D eigenvalue weighted by atomic mass is 10.1. The summed E-state index contributed by atoms with van der Waals surface area (Å²) in [6, 6.07) is 11.3. The molecule has 0 aliphatic rings. The van der Waals surface area contributed by atoms with E-state index in [1.165, 1.54) is 0 Å². The first-order valence-corrected chi connectivity index (χ1v) is 8.23. The second-order valence-corrected chi connectivity index (χ2v) is 6.28. The predicted octanol–water partition coefficient (Wildman–Crippen LogP) is 2.40. The van der Waals surface area contributed by atoms with E-state index in [0.717, 1.165) is 11.3 Å². The number of nitrogens with one attached hydrogen (secondary N) is 1. The van der Waals surface area contributed by atoms with Gasteiger partial charge in [0.1, 0.15) is 0 Å². The normalized spacial score (nSPS) is 11.5. The maximum Gasteiger partial charge on any atom is 0.267 e. The van der Waals surface area contributed by atoms with Crippen LogP contribution in [0.15, 0.2) is 36.4 Å². The molecule has 112 valence electrons. The van der Waals surface area contributed by atoms with Crippen molar-refractivity contribution in [1.29, 1.82) is 0 Å². The smallest absolute Gasteiger partial charge is 0.267 e. The lowest BCUT2D eigenvalue weighted by Crippen LogP contribution is -2.12. The largest absolute Gasteiger partial charge is 0.352 e. The Morgan fingerprint density at radius 2 is 1.95 bits per heavy atom. The number of carbonyl (C=O) groups is 1. The van der Waals surface area contributed by atoms with E-state index in [1.54, 1.807) is 13.0 Å². The molecule has 0 saturated carbocycles. The highest BCUT2D eigenvalue weighted by atomic mass is 32.2. The van der Waals surface area contributed by atoms with Gasteiger partial charge in [-0.15, -0.1) is 0 Å². The van der Waals surface area contributed by atoms with E-state index in [0.29, 0.717) is 17.5 Å². The van der Waals surface area contributed by atoms with E-state index >= 15 is 0 Å². The second kappa shape index (κ2) is 6.69. The van der Waals surface area contributed by atoms with E-state index in [4.69, 9.17) is 0 Å². The van der Waals surface area contributed by atoms with E-state index in [2.05, 4.69) is 9.17 Å². The number of rotatable bonds is 7.